The first-order chi connectivity index (χ1) is 7.72. The first-order valence-corrected chi connectivity index (χ1v) is 6.33. The third kappa shape index (κ3) is 2.33. The second kappa shape index (κ2) is 5.07. The Hall–Kier alpha value is -0.730. The maximum Gasteiger partial charge on any atom is 0.0642 e. The minimum Gasteiger partial charge on any atom is -0.365 e. The Kier molecular flexibility index (Phi) is 3.72. The number of hydrogen-bond acceptors (Lipinski definition) is 2. The molecule has 0 amide bonds. The summed E-state index contributed by atoms with van der Waals surface area (Å²) in [6.07, 6.45) is 1.15. The number of nitrogens with zero attached hydrogens (tertiary/aromatic N) is 1. The highest BCUT2D eigenvalue weighted by Gasteiger charge is 2.22. The van der Waals surface area contributed by atoms with Crippen LogP contribution in [-0.4, -0.2) is 25.7 Å². The van der Waals surface area contributed by atoms with E-state index in [1.54, 1.807) is 0 Å². The lowest BCUT2D eigenvalue weighted by Crippen LogP contribution is -2.51. The zero-order valence-electron chi connectivity index (χ0n) is 9.96. The number of aryl methyl sites for hydroxylation is 1. The molecule has 0 saturated carbocycles. The van der Waals surface area contributed by atoms with Crippen LogP contribution < -0.4 is 10.2 Å². The smallest absolute Gasteiger partial charge is 0.0642 e. The quantitative estimate of drug-likeness (QED) is 0.853. The van der Waals surface area contributed by atoms with Gasteiger partial charge < -0.3 is 10.2 Å². The van der Waals surface area contributed by atoms with Gasteiger partial charge in [0.25, 0.3) is 0 Å². The number of nitrogens with one attached hydrogen (secondary N) is 1. The predicted molar refractivity (Wildman–Crippen MR) is 70.5 cm³/mol. The monoisotopic (exact) mass is 238 g/mol. The summed E-state index contributed by atoms with van der Waals surface area (Å²) in [6, 6.07) is 6.89. The van der Waals surface area contributed by atoms with Crippen LogP contribution in [0.25, 0.3) is 0 Å². The van der Waals surface area contributed by atoms with Crippen LogP contribution in [0.4, 0.5) is 5.69 Å². The van der Waals surface area contributed by atoms with E-state index in [0.717, 1.165) is 31.1 Å². The molecule has 2 nitrogen and oxygen atoms in total. The fourth-order valence-corrected chi connectivity index (χ4v) is 2.63. The Bertz CT molecular complexity index is 365. The van der Waals surface area contributed by atoms with Crippen molar-refractivity contribution in [3.05, 3.63) is 28.8 Å². The zero-order chi connectivity index (χ0) is 11.5. The molecule has 1 fully saturated rings. The largest absolute Gasteiger partial charge is 0.365 e. The van der Waals surface area contributed by atoms with E-state index in [4.69, 9.17) is 11.6 Å². The molecule has 0 spiro atoms. The minimum absolute atomic E-state index is 0.564. The molecule has 0 aromatic heterocycles. The van der Waals surface area contributed by atoms with E-state index in [-0.39, 0.29) is 0 Å². The molecule has 16 heavy (non-hydrogen) atoms. The number of halogens is 1. The summed E-state index contributed by atoms with van der Waals surface area (Å²) in [4.78, 5) is 2.43. The first kappa shape index (κ1) is 11.7. The van der Waals surface area contributed by atoms with Crippen molar-refractivity contribution in [1.29, 1.82) is 0 Å². The third-order valence-corrected chi connectivity index (χ3v) is 3.54. The van der Waals surface area contributed by atoms with Gasteiger partial charge in [-0.3, -0.25) is 0 Å². The highest BCUT2D eigenvalue weighted by molar-refractivity contribution is 6.33. The maximum atomic E-state index is 6.32. The third-order valence-electron chi connectivity index (χ3n) is 3.23. The molecule has 1 aromatic rings. The summed E-state index contributed by atoms with van der Waals surface area (Å²) in [5.74, 6) is 0. The van der Waals surface area contributed by atoms with Crippen LogP contribution >= 0.6 is 11.6 Å². The Morgan fingerprint density at radius 1 is 1.50 bits per heavy atom. The van der Waals surface area contributed by atoms with Gasteiger partial charge in [-0.25, -0.2) is 0 Å². The van der Waals surface area contributed by atoms with Gasteiger partial charge in [0.1, 0.15) is 0 Å². The minimum atomic E-state index is 0.564. The van der Waals surface area contributed by atoms with Gasteiger partial charge in [0, 0.05) is 25.7 Å². The van der Waals surface area contributed by atoms with Gasteiger partial charge in [0.05, 0.1) is 10.7 Å². The van der Waals surface area contributed by atoms with E-state index in [0.29, 0.717) is 6.04 Å². The molecule has 0 aliphatic carbocycles. The normalized spacial score (nSPS) is 21.2. The van der Waals surface area contributed by atoms with Crippen molar-refractivity contribution in [2.75, 3.05) is 24.5 Å². The van der Waals surface area contributed by atoms with E-state index in [2.05, 4.69) is 36.2 Å². The van der Waals surface area contributed by atoms with Gasteiger partial charge >= 0.3 is 0 Å². The second-order valence-corrected chi connectivity index (χ2v) is 4.82. The summed E-state index contributed by atoms with van der Waals surface area (Å²) in [5, 5.41) is 4.31. The first-order valence-electron chi connectivity index (χ1n) is 5.96. The average molecular weight is 239 g/mol. The Labute approximate surface area is 103 Å². The number of rotatable bonds is 2. The average Bonchev–Trinajstić information content (AvgIpc) is 2.29. The number of piperazine rings is 1. The van der Waals surface area contributed by atoms with Crippen molar-refractivity contribution in [2.24, 2.45) is 0 Å². The van der Waals surface area contributed by atoms with Gasteiger partial charge in [0.2, 0.25) is 0 Å². The lowest BCUT2D eigenvalue weighted by molar-refractivity contribution is 0.466. The summed E-state index contributed by atoms with van der Waals surface area (Å²) in [5.41, 5.74) is 2.40. The molecule has 1 heterocycles. The molecule has 1 atom stereocenters. The highest BCUT2D eigenvalue weighted by atomic mass is 35.5. The SMILES string of the molecule is CCC1CNCCN1c1ccc(C)cc1Cl. The lowest BCUT2D eigenvalue weighted by atomic mass is 10.1. The molecule has 1 aliphatic rings. The van der Waals surface area contributed by atoms with Crippen LogP contribution in [0.5, 0.6) is 0 Å². The zero-order valence-corrected chi connectivity index (χ0v) is 10.7. The number of benzene rings is 1. The van der Waals surface area contributed by atoms with Crippen LogP contribution in [0, 0.1) is 6.92 Å². The van der Waals surface area contributed by atoms with E-state index < -0.39 is 0 Å². The molecule has 3 heteroatoms. The van der Waals surface area contributed by atoms with Gasteiger partial charge in [-0.1, -0.05) is 24.6 Å². The Morgan fingerprint density at radius 2 is 2.31 bits per heavy atom. The topological polar surface area (TPSA) is 15.3 Å². The van der Waals surface area contributed by atoms with Gasteiger partial charge in [-0.15, -0.1) is 0 Å². The molecule has 0 radical (unpaired) electrons. The molecule has 88 valence electrons. The van der Waals surface area contributed by atoms with Crippen molar-refractivity contribution in [1.82, 2.24) is 5.32 Å². The molecule has 1 aromatic carbocycles. The van der Waals surface area contributed by atoms with Crippen molar-refractivity contribution < 1.29 is 0 Å². The highest BCUT2D eigenvalue weighted by Crippen LogP contribution is 2.29. The summed E-state index contributed by atoms with van der Waals surface area (Å²) in [6.45, 7) is 7.44. The summed E-state index contributed by atoms with van der Waals surface area (Å²) >= 11 is 6.32. The van der Waals surface area contributed by atoms with Gasteiger partial charge in [-0.05, 0) is 31.0 Å². The summed E-state index contributed by atoms with van der Waals surface area (Å²) < 4.78 is 0. The van der Waals surface area contributed by atoms with Crippen LogP contribution in [0.15, 0.2) is 18.2 Å². The molecular weight excluding hydrogens is 220 g/mol. The Balaban J connectivity index is 2.27. The number of hydrogen-bond donors (Lipinski definition) is 1. The van der Waals surface area contributed by atoms with Gasteiger partial charge in [-0.2, -0.15) is 0 Å². The number of anilines is 1. The standard InChI is InChI=1S/C13H19ClN2/c1-3-11-9-15-6-7-16(11)13-5-4-10(2)8-12(13)14/h4-5,8,11,15H,3,6-7,9H2,1-2H3. The van der Waals surface area contributed by atoms with Crippen molar-refractivity contribution in [2.45, 2.75) is 26.3 Å². The van der Waals surface area contributed by atoms with Gasteiger partial charge in [0.15, 0.2) is 0 Å². The van der Waals surface area contributed by atoms with Crippen LogP contribution in [0.1, 0.15) is 18.9 Å². The van der Waals surface area contributed by atoms with Crippen LogP contribution in [0.3, 0.4) is 0 Å². The molecule has 0 bridgehead atoms. The molecule has 1 N–H and O–H groups in total. The maximum absolute atomic E-state index is 6.32. The Morgan fingerprint density at radius 3 is 3.00 bits per heavy atom. The van der Waals surface area contributed by atoms with E-state index >= 15 is 0 Å². The van der Waals surface area contributed by atoms with Crippen molar-refractivity contribution in [3.63, 3.8) is 0 Å². The fraction of sp³-hybridized carbons (Fsp3) is 0.538. The van der Waals surface area contributed by atoms with E-state index in [9.17, 15) is 0 Å². The molecular formula is C13H19ClN2. The van der Waals surface area contributed by atoms with E-state index in [1.807, 2.05) is 6.07 Å². The van der Waals surface area contributed by atoms with Crippen LogP contribution in [-0.2, 0) is 0 Å². The molecule has 1 aliphatic heterocycles. The molecule has 1 saturated heterocycles. The van der Waals surface area contributed by atoms with Crippen LogP contribution in [0.2, 0.25) is 5.02 Å². The van der Waals surface area contributed by atoms with Crippen molar-refractivity contribution in [3.8, 4) is 0 Å². The summed E-state index contributed by atoms with van der Waals surface area (Å²) in [7, 11) is 0. The fourth-order valence-electron chi connectivity index (χ4n) is 2.29. The molecule has 1 unspecified atom stereocenters. The van der Waals surface area contributed by atoms with Crippen molar-refractivity contribution >= 4 is 17.3 Å². The van der Waals surface area contributed by atoms with E-state index in [1.165, 1.54) is 11.3 Å². The lowest BCUT2D eigenvalue weighted by Gasteiger charge is -2.38. The predicted octanol–water partition coefficient (Wildman–Crippen LogP) is 2.84. The molecule has 2 rings (SSSR count). The second-order valence-electron chi connectivity index (χ2n) is 4.41.